The van der Waals surface area contributed by atoms with Gasteiger partial charge in [-0.05, 0) is 79.2 Å². The van der Waals surface area contributed by atoms with Gasteiger partial charge in [-0.1, -0.05) is 53.5 Å². The molecule has 4 aromatic rings. The number of thioether (sulfide) groups is 1. The molecule has 0 aliphatic rings. The van der Waals surface area contributed by atoms with Gasteiger partial charge < -0.3 is 25.4 Å². The maximum absolute atomic E-state index is 13.4. The number of hydrogen-bond donors (Lipinski definition) is 3. The Morgan fingerprint density at radius 2 is 1.52 bits per heavy atom. The van der Waals surface area contributed by atoms with E-state index in [2.05, 4.69) is 16.0 Å². The van der Waals surface area contributed by atoms with Gasteiger partial charge in [-0.25, -0.2) is 0 Å². The topological polar surface area (TPSA) is 106 Å². The van der Waals surface area contributed by atoms with Gasteiger partial charge in [-0.2, -0.15) is 0 Å². The van der Waals surface area contributed by atoms with Gasteiger partial charge in [0, 0.05) is 16.1 Å². The van der Waals surface area contributed by atoms with E-state index < -0.39 is 17.1 Å². The van der Waals surface area contributed by atoms with Gasteiger partial charge in [0.05, 0.1) is 35.2 Å². The number of anilines is 2. The second-order valence-corrected chi connectivity index (χ2v) is 11.5. The first-order chi connectivity index (χ1) is 21.2. The van der Waals surface area contributed by atoms with E-state index in [9.17, 15) is 14.4 Å². The molecular weight excluding hydrogens is 621 g/mol. The fraction of sp³-hybridized carbons (Fsp3) is 0.121. The molecule has 3 N–H and O–H groups in total. The van der Waals surface area contributed by atoms with Gasteiger partial charge in [0.2, 0.25) is 5.91 Å². The number of ether oxygens (including phenoxy) is 2. The van der Waals surface area contributed by atoms with Gasteiger partial charge in [0.25, 0.3) is 11.8 Å². The van der Waals surface area contributed by atoms with E-state index in [1.54, 1.807) is 104 Å². The molecule has 0 spiro atoms. The number of benzene rings is 4. The number of carbonyl (C=O) groups is 3. The van der Waals surface area contributed by atoms with Crippen molar-refractivity contribution in [1.82, 2.24) is 5.32 Å². The minimum Gasteiger partial charge on any atom is -0.493 e. The van der Waals surface area contributed by atoms with Crippen LogP contribution in [0.15, 0.2) is 102 Å². The quantitative estimate of drug-likeness (QED) is 0.114. The van der Waals surface area contributed by atoms with Gasteiger partial charge in [-0.3, -0.25) is 14.4 Å². The molecular formula is C33H29Cl2N3O5S. The molecule has 3 amide bonds. The Morgan fingerprint density at radius 1 is 0.818 bits per heavy atom. The highest BCUT2D eigenvalue weighted by atomic mass is 35.5. The number of rotatable bonds is 11. The first kappa shape index (κ1) is 32.5. The summed E-state index contributed by atoms with van der Waals surface area (Å²) in [5, 5.41) is 8.51. The molecule has 0 saturated heterocycles. The molecule has 0 aliphatic heterocycles. The van der Waals surface area contributed by atoms with Crippen LogP contribution in [0.1, 0.15) is 22.8 Å². The van der Waals surface area contributed by atoms with E-state index >= 15 is 0 Å². The number of amides is 3. The number of carbonyl (C=O) groups excluding carboxylic acids is 3. The highest BCUT2D eigenvalue weighted by molar-refractivity contribution is 8.00. The van der Waals surface area contributed by atoms with Gasteiger partial charge in [0.15, 0.2) is 11.5 Å². The zero-order valence-corrected chi connectivity index (χ0v) is 26.3. The van der Waals surface area contributed by atoms with Crippen LogP contribution >= 0.6 is 35.0 Å². The SMILES string of the molecule is COc1ccc(/C=C(\NC(=O)c2ccccc2)C(=O)Nc2ccc(SC(C)C(=O)Nc3cccc(Cl)c3Cl)cc2)cc1OC. The molecule has 0 heterocycles. The average molecular weight is 651 g/mol. The van der Waals surface area contributed by atoms with E-state index in [0.717, 1.165) is 4.90 Å². The molecule has 0 bridgehead atoms. The maximum Gasteiger partial charge on any atom is 0.272 e. The fourth-order valence-corrected chi connectivity index (χ4v) is 5.17. The Labute approximate surface area is 269 Å². The van der Waals surface area contributed by atoms with Crippen LogP contribution in [0.2, 0.25) is 10.0 Å². The first-order valence-electron chi connectivity index (χ1n) is 13.3. The average Bonchev–Trinajstić information content (AvgIpc) is 3.04. The lowest BCUT2D eigenvalue weighted by atomic mass is 10.1. The van der Waals surface area contributed by atoms with E-state index in [1.807, 2.05) is 0 Å². The van der Waals surface area contributed by atoms with Crippen LogP contribution in [-0.2, 0) is 9.59 Å². The lowest BCUT2D eigenvalue weighted by Crippen LogP contribution is -2.30. The summed E-state index contributed by atoms with van der Waals surface area (Å²) in [5.41, 5.74) is 1.96. The molecule has 4 rings (SSSR count). The van der Waals surface area contributed by atoms with Crippen molar-refractivity contribution < 1.29 is 23.9 Å². The van der Waals surface area contributed by atoms with Crippen molar-refractivity contribution in [2.75, 3.05) is 24.9 Å². The van der Waals surface area contributed by atoms with Crippen LogP contribution < -0.4 is 25.4 Å². The van der Waals surface area contributed by atoms with Crippen molar-refractivity contribution in [3.05, 3.63) is 118 Å². The third kappa shape index (κ3) is 8.57. The van der Waals surface area contributed by atoms with Crippen LogP contribution in [0.25, 0.3) is 6.08 Å². The number of nitrogens with one attached hydrogen (secondary N) is 3. The van der Waals surface area contributed by atoms with E-state index in [1.165, 1.54) is 26.0 Å². The predicted octanol–water partition coefficient (Wildman–Crippen LogP) is 7.54. The van der Waals surface area contributed by atoms with Gasteiger partial charge in [0.1, 0.15) is 5.70 Å². The molecule has 1 unspecified atom stereocenters. The van der Waals surface area contributed by atoms with Crippen molar-refractivity contribution in [2.45, 2.75) is 17.1 Å². The summed E-state index contributed by atoms with van der Waals surface area (Å²) in [6.45, 7) is 1.77. The third-order valence-corrected chi connectivity index (χ3v) is 8.18. The lowest BCUT2D eigenvalue weighted by molar-refractivity contribution is -0.115. The van der Waals surface area contributed by atoms with E-state index in [4.69, 9.17) is 32.7 Å². The molecule has 0 aromatic heterocycles. The normalized spacial score (nSPS) is 11.7. The molecule has 1 atom stereocenters. The zero-order valence-electron chi connectivity index (χ0n) is 24.0. The molecule has 0 aliphatic carbocycles. The van der Waals surface area contributed by atoms with Crippen molar-refractivity contribution in [2.24, 2.45) is 0 Å². The van der Waals surface area contributed by atoms with Gasteiger partial charge in [-0.15, -0.1) is 11.8 Å². The number of hydrogen-bond acceptors (Lipinski definition) is 6. The highest BCUT2D eigenvalue weighted by Gasteiger charge is 2.18. The maximum atomic E-state index is 13.4. The first-order valence-corrected chi connectivity index (χ1v) is 14.9. The highest BCUT2D eigenvalue weighted by Crippen LogP contribution is 2.32. The minimum atomic E-state index is -0.532. The van der Waals surface area contributed by atoms with Crippen LogP contribution in [0.5, 0.6) is 11.5 Å². The van der Waals surface area contributed by atoms with Crippen LogP contribution in [0.4, 0.5) is 11.4 Å². The summed E-state index contributed by atoms with van der Waals surface area (Å²) >= 11 is 13.6. The monoisotopic (exact) mass is 649 g/mol. The number of methoxy groups -OCH3 is 2. The summed E-state index contributed by atoms with van der Waals surface area (Å²) in [7, 11) is 3.04. The summed E-state index contributed by atoms with van der Waals surface area (Å²) in [6.07, 6.45) is 1.55. The molecule has 0 saturated carbocycles. The van der Waals surface area contributed by atoms with E-state index in [0.29, 0.717) is 39.0 Å². The summed E-state index contributed by atoms with van der Waals surface area (Å²) in [6, 6.07) is 25.8. The van der Waals surface area contributed by atoms with Crippen molar-refractivity contribution in [3.63, 3.8) is 0 Å². The summed E-state index contributed by atoms with van der Waals surface area (Å²) in [5.74, 6) is -0.208. The fourth-order valence-electron chi connectivity index (χ4n) is 3.96. The second kappa shape index (κ2) is 15.3. The third-order valence-electron chi connectivity index (χ3n) is 6.25. The molecule has 0 radical (unpaired) electrons. The van der Waals surface area contributed by atoms with Crippen LogP contribution in [0, 0.1) is 0 Å². The van der Waals surface area contributed by atoms with Crippen molar-refractivity contribution in [3.8, 4) is 11.5 Å². The molecule has 44 heavy (non-hydrogen) atoms. The molecule has 4 aromatic carbocycles. The molecule has 0 fully saturated rings. The predicted molar refractivity (Wildman–Crippen MR) is 177 cm³/mol. The van der Waals surface area contributed by atoms with Crippen molar-refractivity contribution in [1.29, 1.82) is 0 Å². The Balaban J connectivity index is 1.47. The Morgan fingerprint density at radius 3 is 2.20 bits per heavy atom. The molecule has 8 nitrogen and oxygen atoms in total. The Kier molecular flexibility index (Phi) is 11.3. The van der Waals surface area contributed by atoms with Crippen LogP contribution in [-0.4, -0.2) is 37.2 Å². The number of halogens is 2. The van der Waals surface area contributed by atoms with E-state index in [-0.39, 0.29) is 16.6 Å². The minimum absolute atomic E-state index is 0.0227. The van der Waals surface area contributed by atoms with Gasteiger partial charge >= 0.3 is 0 Å². The molecule has 11 heteroatoms. The largest absolute Gasteiger partial charge is 0.493 e. The lowest BCUT2D eigenvalue weighted by Gasteiger charge is -2.14. The Hall–Kier alpha value is -4.44. The summed E-state index contributed by atoms with van der Waals surface area (Å²) in [4.78, 5) is 39.9. The molecule has 226 valence electrons. The van der Waals surface area contributed by atoms with Crippen LogP contribution in [0.3, 0.4) is 0 Å². The second-order valence-electron chi connectivity index (χ2n) is 9.32. The Bertz CT molecular complexity index is 1680. The standard InChI is InChI=1S/C33H29Cl2N3O5S/c1-20(31(39)37-26-11-7-10-25(34)30(26)35)44-24-15-13-23(14-16-24)36-33(41)27(38-32(40)22-8-5-4-6-9-22)18-21-12-17-28(42-2)29(19-21)43-3/h4-20H,1-3H3,(H,36,41)(H,37,39)(H,38,40)/b27-18-. The smallest absolute Gasteiger partial charge is 0.272 e. The summed E-state index contributed by atoms with van der Waals surface area (Å²) < 4.78 is 10.7. The van der Waals surface area contributed by atoms with Crippen molar-refractivity contribution >= 4 is 70.1 Å². The zero-order chi connectivity index (χ0) is 31.6.